The maximum Gasteiger partial charge on any atom is 0.124 e. The molecule has 0 bridgehead atoms. The van der Waals surface area contributed by atoms with Crippen molar-refractivity contribution in [3.8, 4) is 11.5 Å². The van der Waals surface area contributed by atoms with Gasteiger partial charge in [0.05, 0.1) is 5.54 Å². The lowest BCUT2D eigenvalue weighted by Gasteiger charge is -2.45. The predicted octanol–water partition coefficient (Wildman–Crippen LogP) is 2.88. The summed E-state index contributed by atoms with van der Waals surface area (Å²) in [6.45, 7) is 2.97. The lowest BCUT2D eigenvalue weighted by atomic mass is 9.69. The van der Waals surface area contributed by atoms with E-state index in [1.54, 1.807) is 6.07 Å². The summed E-state index contributed by atoms with van der Waals surface area (Å²) in [6.07, 6.45) is 6.50. The molecule has 0 radical (unpaired) electrons. The molecule has 3 nitrogen and oxygen atoms in total. The predicted molar refractivity (Wildman–Crippen MR) is 73.4 cm³/mol. The van der Waals surface area contributed by atoms with Crippen molar-refractivity contribution in [3.63, 3.8) is 0 Å². The molecule has 2 fully saturated rings. The molecule has 102 valence electrons. The van der Waals surface area contributed by atoms with Crippen molar-refractivity contribution >= 4 is 0 Å². The van der Waals surface area contributed by atoms with Gasteiger partial charge in [-0.2, -0.15) is 0 Å². The van der Waals surface area contributed by atoms with Gasteiger partial charge in [-0.05, 0) is 49.9 Å². The molecule has 2 atom stereocenters. The van der Waals surface area contributed by atoms with Gasteiger partial charge >= 0.3 is 0 Å². The molecule has 0 amide bonds. The van der Waals surface area contributed by atoms with Crippen molar-refractivity contribution in [3.05, 3.63) is 23.8 Å². The van der Waals surface area contributed by atoms with E-state index in [2.05, 4.69) is 4.90 Å². The van der Waals surface area contributed by atoms with E-state index in [0.717, 1.165) is 24.8 Å². The minimum atomic E-state index is 0.142. The van der Waals surface area contributed by atoms with Gasteiger partial charge in [-0.3, -0.25) is 4.90 Å². The van der Waals surface area contributed by atoms with Gasteiger partial charge in [0.2, 0.25) is 0 Å². The van der Waals surface area contributed by atoms with Crippen LogP contribution in [-0.2, 0) is 5.54 Å². The highest BCUT2D eigenvalue weighted by atomic mass is 16.5. The van der Waals surface area contributed by atoms with Crippen molar-refractivity contribution in [2.45, 2.75) is 37.6 Å². The third kappa shape index (κ3) is 1.54. The Hall–Kier alpha value is -1.22. The van der Waals surface area contributed by atoms with Gasteiger partial charge in [0.25, 0.3) is 0 Å². The van der Waals surface area contributed by atoms with Crippen LogP contribution < -0.4 is 4.74 Å². The molecule has 2 heterocycles. The van der Waals surface area contributed by atoms with E-state index < -0.39 is 0 Å². The SMILES string of the molecule is Oc1ccc2c(c1)[C@@]13CCCC[C@@H]1CCN3CCO2. The number of aromatic hydroxyl groups is 1. The maximum atomic E-state index is 9.91. The van der Waals surface area contributed by atoms with Gasteiger partial charge in [-0.15, -0.1) is 0 Å². The van der Waals surface area contributed by atoms with E-state index >= 15 is 0 Å². The third-order valence-electron chi connectivity index (χ3n) is 5.40. The molecule has 3 aliphatic rings. The van der Waals surface area contributed by atoms with Gasteiger partial charge in [0.15, 0.2) is 0 Å². The number of rotatable bonds is 0. The van der Waals surface area contributed by atoms with Crippen molar-refractivity contribution in [1.82, 2.24) is 4.90 Å². The zero-order valence-corrected chi connectivity index (χ0v) is 11.3. The highest BCUT2D eigenvalue weighted by Gasteiger charge is 2.52. The topological polar surface area (TPSA) is 32.7 Å². The second-order valence-corrected chi connectivity index (χ2v) is 6.17. The number of hydrogen-bond acceptors (Lipinski definition) is 3. The number of phenols is 1. The number of benzene rings is 1. The summed E-state index contributed by atoms with van der Waals surface area (Å²) in [5.74, 6) is 2.10. The zero-order valence-electron chi connectivity index (χ0n) is 11.3. The van der Waals surface area contributed by atoms with Gasteiger partial charge in [0.1, 0.15) is 18.1 Å². The second-order valence-electron chi connectivity index (χ2n) is 6.17. The molecule has 0 unspecified atom stereocenters. The number of ether oxygens (including phenoxy) is 1. The summed E-state index contributed by atoms with van der Waals surface area (Å²) in [6, 6.07) is 5.65. The Morgan fingerprint density at radius 1 is 1.21 bits per heavy atom. The maximum absolute atomic E-state index is 9.91. The molecule has 1 spiro atoms. The Balaban J connectivity index is 1.91. The Bertz CT molecular complexity index is 502. The molecule has 4 rings (SSSR count). The van der Waals surface area contributed by atoms with Gasteiger partial charge in [-0.1, -0.05) is 12.8 Å². The number of hydrogen-bond donors (Lipinski definition) is 1. The smallest absolute Gasteiger partial charge is 0.124 e. The first-order chi connectivity index (χ1) is 9.30. The molecule has 1 saturated heterocycles. The Labute approximate surface area is 114 Å². The van der Waals surface area contributed by atoms with Crippen LogP contribution in [0.3, 0.4) is 0 Å². The minimum Gasteiger partial charge on any atom is -0.508 e. The molecule has 2 aliphatic heterocycles. The fraction of sp³-hybridized carbons (Fsp3) is 0.625. The van der Waals surface area contributed by atoms with Crippen molar-refractivity contribution in [1.29, 1.82) is 0 Å². The molecule has 1 aromatic carbocycles. The minimum absolute atomic E-state index is 0.142. The average molecular weight is 259 g/mol. The van der Waals surface area contributed by atoms with Crippen LogP contribution in [0.5, 0.6) is 11.5 Å². The van der Waals surface area contributed by atoms with E-state index in [1.165, 1.54) is 44.2 Å². The van der Waals surface area contributed by atoms with Crippen LogP contribution in [0.25, 0.3) is 0 Å². The van der Waals surface area contributed by atoms with Crippen LogP contribution in [0.1, 0.15) is 37.7 Å². The normalized spacial score (nSPS) is 33.8. The second kappa shape index (κ2) is 4.14. The van der Waals surface area contributed by atoms with Crippen LogP contribution in [0, 0.1) is 5.92 Å². The summed E-state index contributed by atoms with van der Waals surface area (Å²) in [7, 11) is 0. The van der Waals surface area contributed by atoms with Gasteiger partial charge < -0.3 is 9.84 Å². The summed E-state index contributed by atoms with van der Waals surface area (Å²) in [4.78, 5) is 2.63. The van der Waals surface area contributed by atoms with Gasteiger partial charge in [0, 0.05) is 12.1 Å². The highest BCUT2D eigenvalue weighted by molar-refractivity contribution is 5.46. The van der Waals surface area contributed by atoms with Crippen LogP contribution in [0.2, 0.25) is 0 Å². The monoisotopic (exact) mass is 259 g/mol. The summed E-state index contributed by atoms with van der Waals surface area (Å²) in [5, 5.41) is 9.91. The zero-order chi connectivity index (χ0) is 12.9. The van der Waals surface area contributed by atoms with E-state index in [1.807, 2.05) is 12.1 Å². The largest absolute Gasteiger partial charge is 0.508 e. The molecule has 1 aromatic rings. The fourth-order valence-corrected chi connectivity index (χ4v) is 4.62. The number of phenolic OH excluding ortho intramolecular Hbond substituents is 1. The first-order valence-electron chi connectivity index (χ1n) is 7.52. The first-order valence-corrected chi connectivity index (χ1v) is 7.52. The van der Waals surface area contributed by atoms with Crippen molar-refractivity contribution in [2.75, 3.05) is 19.7 Å². The molecule has 1 N–H and O–H groups in total. The first kappa shape index (κ1) is 11.6. The Kier molecular flexibility index (Phi) is 2.52. The molecule has 0 aromatic heterocycles. The summed E-state index contributed by atoms with van der Waals surface area (Å²) in [5.41, 5.74) is 1.38. The van der Waals surface area contributed by atoms with E-state index in [0.29, 0.717) is 5.75 Å². The van der Waals surface area contributed by atoms with Crippen LogP contribution in [-0.4, -0.2) is 29.7 Å². The van der Waals surface area contributed by atoms with Crippen molar-refractivity contribution in [2.24, 2.45) is 5.92 Å². The Morgan fingerprint density at radius 3 is 3.11 bits per heavy atom. The van der Waals surface area contributed by atoms with Gasteiger partial charge in [-0.25, -0.2) is 0 Å². The number of fused-ring (bicyclic) bond motifs is 1. The molecule has 1 saturated carbocycles. The van der Waals surface area contributed by atoms with Crippen molar-refractivity contribution < 1.29 is 9.84 Å². The summed E-state index contributed by atoms with van der Waals surface area (Å²) >= 11 is 0. The Morgan fingerprint density at radius 2 is 2.16 bits per heavy atom. The third-order valence-corrected chi connectivity index (χ3v) is 5.40. The summed E-state index contributed by atoms with van der Waals surface area (Å²) < 4.78 is 5.93. The van der Waals surface area contributed by atoms with E-state index in [4.69, 9.17) is 4.74 Å². The molecule has 19 heavy (non-hydrogen) atoms. The molecule has 3 heteroatoms. The molecular weight excluding hydrogens is 238 g/mol. The molecular formula is C16H21NO2. The average Bonchev–Trinajstić information content (AvgIpc) is 2.74. The fourth-order valence-electron chi connectivity index (χ4n) is 4.62. The van der Waals surface area contributed by atoms with Crippen LogP contribution in [0.15, 0.2) is 18.2 Å². The van der Waals surface area contributed by atoms with Crippen LogP contribution in [0.4, 0.5) is 0 Å². The standard InChI is InChI=1S/C16H21NO2/c18-13-4-5-15-14(11-13)16-7-2-1-3-12(16)6-8-17(16)9-10-19-15/h4-5,11-12,18H,1-3,6-10H2/t12-,16-/m1/s1. The molecule has 1 aliphatic carbocycles. The van der Waals surface area contributed by atoms with E-state index in [9.17, 15) is 5.11 Å². The highest BCUT2D eigenvalue weighted by Crippen LogP contribution is 2.55. The lowest BCUT2D eigenvalue weighted by Crippen LogP contribution is -2.46. The number of nitrogens with zero attached hydrogens (tertiary/aromatic N) is 1. The van der Waals surface area contributed by atoms with E-state index in [-0.39, 0.29) is 5.54 Å². The quantitative estimate of drug-likeness (QED) is 0.777. The van der Waals surface area contributed by atoms with Crippen LogP contribution >= 0.6 is 0 Å². The lowest BCUT2D eigenvalue weighted by molar-refractivity contribution is 0.0624.